The van der Waals surface area contributed by atoms with Crippen LogP contribution in [0.1, 0.15) is 26.7 Å². The van der Waals surface area contributed by atoms with E-state index in [2.05, 4.69) is 27.2 Å². The number of amides is 2. The van der Waals surface area contributed by atoms with Crippen molar-refractivity contribution in [3.8, 4) is 5.75 Å². The van der Waals surface area contributed by atoms with E-state index in [0.29, 0.717) is 6.54 Å². The van der Waals surface area contributed by atoms with Crippen LogP contribution in [0.3, 0.4) is 0 Å². The third-order valence-corrected chi connectivity index (χ3v) is 5.82. The lowest BCUT2D eigenvalue weighted by molar-refractivity contribution is -0.133. The molecule has 0 unspecified atom stereocenters. The summed E-state index contributed by atoms with van der Waals surface area (Å²) < 4.78 is 5.22. The van der Waals surface area contributed by atoms with Crippen molar-refractivity contribution in [2.24, 2.45) is 5.92 Å². The Morgan fingerprint density at radius 3 is 2.21 bits per heavy atom. The topological polar surface area (TPSA) is 65.1 Å². The third-order valence-electron chi connectivity index (χ3n) is 5.82. The molecule has 0 spiro atoms. The highest BCUT2D eigenvalue weighted by Gasteiger charge is 2.28. The van der Waals surface area contributed by atoms with E-state index in [1.165, 1.54) is 5.69 Å². The summed E-state index contributed by atoms with van der Waals surface area (Å²) in [4.78, 5) is 31.3. The van der Waals surface area contributed by atoms with E-state index in [9.17, 15) is 9.59 Å². The molecule has 7 nitrogen and oxygen atoms in total. The van der Waals surface area contributed by atoms with E-state index in [0.717, 1.165) is 57.9 Å². The molecule has 2 heterocycles. The zero-order valence-electron chi connectivity index (χ0n) is 17.9. The maximum atomic E-state index is 12.7. The highest BCUT2D eigenvalue weighted by molar-refractivity contribution is 5.80. The van der Waals surface area contributed by atoms with Crippen LogP contribution in [-0.2, 0) is 9.59 Å². The van der Waals surface area contributed by atoms with Crippen LogP contribution in [0, 0.1) is 5.92 Å². The predicted molar refractivity (Wildman–Crippen MR) is 114 cm³/mol. The van der Waals surface area contributed by atoms with Crippen molar-refractivity contribution >= 4 is 17.5 Å². The summed E-state index contributed by atoms with van der Waals surface area (Å²) in [5.41, 5.74) is 1.17. The number of hydrogen-bond acceptors (Lipinski definition) is 5. The van der Waals surface area contributed by atoms with Crippen LogP contribution >= 0.6 is 0 Å². The Morgan fingerprint density at radius 1 is 1.03 bits per heavy atom. The van der Waals surface area contributed by atoms with E-state index in [1.807, 2.05) is 30.9 Å². The Bertz CT molecular complexity index is 676. The molecule has 7 heteroatoms. The van der Waals surface area contributed by atoms with Crippen molar-refractivity contribution in [1.29, 1.82) is 0 Å². The van der Waals surface area contributed by atoms with Crippen molar-refractivity contribution < 1.29 is 14.3 Å². The molecule has 0 aromatic heterocycles. The van der Waals surface area contributed by atoms with E-state index >= 15 is 0 Å². The lowest BCUT2D eigenvalue weighted by Gasteiger charge is -2.38. The van der Waals surface area contributed by atoms with Crippen LogP contribution < -0.4 is 15.0 Å². The number of ether oxygens (including phenoxy) is 1. The standard InChI is InChI=1S/C22H34N4O3/c1-17(2)23-22(28)18-8-10-24(11-9-18)16-21(27)26-14-12-25(13-15-26)19-4-6-20(29-3)7-5-19/h4-7,17-18H,8-16H2,1-3H3,(H,23,28). The molecule has 2 amide bonds. The first-order valence-corrected chi connectivity index (χ1v) is 10.7. The van der Waals surface area contributed by atoms with Gasteiger partial charge >= 0.3 is 0 Å². The van der Waals surface area contributed by atoms with E-state index < -0.39 is 0 Å². The minimum atomic E-state index is 0.0804. The van der Waals surface area contributed by atoms with Crippen molar-refractivity contribution in [1.82, 2.24) is 15.1 Å². The van der Waals surface area contributed by atoms with Crippen LogP contribution in [0.15, 0.2) is 24.3 Å². The molecule has 1 aromatic carbocycles. The number of piperidine rings is 1. The number of anilines is 1. The molecule has 0 bridgehead atoms. The number of hydrogen-bond donors (Lipinski definition) is 1. The lowest BCUT2D eigenvalue weighted by atomic mass is 9.95. The smallest absolute Gasteiger partial charge is 0.236 e. The highest BCUT2D eigenvalue weighted by atomic mass is 16.5. The summed E-state index contributed by atoms with van der Waals surface area (Å²) >= 11 is 0. The molecule has 0 atom stereocenters. The molecule has 0 saturated carbocycles. The second-order valence-corrected chi connectivity index (χ2v) is 8.28. The molecule has 160 valence electrons. The second-order valence-electron chi connectivity index (χ2n) is 8.28. The quantitative estimate of drug-likeness (QED) is 0.783. The molecule has 2 aliphatic heterocycles. The first-order chi connectivity index (χ1) is 14.0. The summed E-state index contributed by atoms with van der Waals surface area (Å²) in [5.74, 6) is 1.29. The second kappa shape index (κ2) is 9.96. The summed E-state index contributed by atoms with van der Waals surface area (Å²) in [6.45, 7) is 9.24. The van der Waals surface area contributed by atoms with Crippen molar-refractivity contribution in [2.75, 3.05) is 57.8 Å². The molecular formula is C22H34N4O3. The first-order valence-electron chi connectivity index (χ1n) is 10.7. The van der Waals surface area contributed by atoms with Crippen LogP contribution in [0.4, 0.5) is 5.69 Å². The molecule has 0 radical (unpaired) electrons. The highest BCUT2D eigenvalue weighted by Crippen LogP contribution is 2.21. The molecule has 2 aliphatic rings. The minimum Gasteiger partial charge on any atom is -0.497 e. The van der Waals surface area contributed by atoms with E-state index in [4.69, 9.17) is 4.74 Å². The number of nitrogens with zero attached hydrogens (tertiary/aromatic N) is 3. The average Bonchev–Trinajstić information content (AvgIpc) is 2.74. The lowest BCUT2D eigenvalue weighted by Crippen LogP contribution is -2.52. The van der Waals surface area contributed by atoms with Crippen LogP contribution in [0.2, 0.25) is 0 Å². The van der Waals surface area contributed by atoms with Crippen molar-refractivity contribution in [3.05, 3.63) is 24.3 Å². The van der Waals surface area contributed by atoms with Gasteiger partial charge in [0.25, 0.3) is 0 Å². The van der Waals surface area contributed by atoms with Gasteiger partial charge in [0.1, 0.15) is 5.75 Å². The Morgan fingerprint density at radius 2 is 1.66 bits per heavy atom. The molecule has 0 aliphatic carbocycles. The fourth-order valence-corrected chi connectivity index (χ4v) is 4.05. The largest absolute Gasteiger partial charge is 0.497 e. The Labute approximate surface area is 174 Å². The van der Waals surface area contributed by atoms with E-state index in [1.54, 1.807) is 7.11 Å². The van der Waals surface area contributed by atoms with Gasteiger partial charge in [-0.05, 0) is 64.0 Å². The van der Waals surface area contributed by atoms with Crippen molar-refractivity contribution in [3.63, 3.8) is 0 Å². The van der Waals surface area contributed by atoms with Gasteiger partial charge in [0.05, 0.1) is 13.7 Å². The SMILES string of the molecule is COc1ccc(N2CCN(C(=O)CN3CCC(C(=O)NC(C)C)CC3)CC2)cc1. The number of nitrogens with one attached hydrogen (secondary N) is 1. The van der Waals surface area contributed by atoms with Gasteiger partial charge in [-0.15, -0.1) is 0 Å². The Balaban J connectivity index is 1.40. The first kappa shape index (κ1) is 21.4. The Hall–Kier alpha value is -2.28. The van der Waals surface area contributed by atoms with Crippen LogP contribution in [0.25, 0.3) is 0 Å². The van der Waals surface area contributed by atoms with Crippen LogP contribution in [0.5, 0.6) is 5.75 Å². The predicted octanol–water partition coefficient (Wildman–Crippen LogP) is 1.58. The zero-order chi connectivity index (χ0) is 20.8. The maximum absolute atomic E-state index is 12.7. The molecule has 1 N–H and O–H groups in total. The summed E-state index contributed by atoms with van der Waals surface area (Å²) in [5, 5.41) is 3.00. The average molecular weight is 403 g/mol. The molecule has 3 rings (SSSR count). The van der Waals surface area contributed by atoms with Gasteiger partial charge in [0, 0.05) is 43.8 Å². The normalized spacial score (nSPS) is 18.8. The number of carbonyl (C=O) groups is 2. The fraction of sp³-hybridized carbons (Fsp3) is 0.636. The number of carbonyl (C=O) groups excluding carboxylic acids is 2. The van der Waals surface area contributed by atoms with E-state index in [-0.39, 0.29) is 23.8 Å². The zero-order valence-corrected chi connectivity index (χ0v) is 17.9. The molecule has 1 aromatic rings. The number of piperazine rings is 1. The summed E-state index contributed by atoms with van der Waals surface area (Å²) in [7, 11) is 1.67. The minimum absolute atomic E-state index is 0.0804. The third kappa shape index (κ3) is 5.85. The fourth-order valence-electron chi connectivity index (χ4n) is 4.05. The van der Waals surface area contributed by atoms with Gasteiger partial charge in [-0.3, -0.25) is 14.5 Å². The Kier molecular flexibility index (Phi) is 7.36. The van der Waals surface area contributed by atoms with Gasteiger partial charge in [-0.2, -0.15) is 0 Å². The molecule has 2 saturated heterocycles. The molecule has 29 heavy (non-hydrogen) atoms. The van der Waals surface area contributed by atoms with Gasteiger partial charge in [-0.1, -0.05) is 0 Å². The number of benzene rings is 1. The van der Waals surface area contributed by atoms with Gasteiger partial charge in [0.2, 0.25) is 11.8 Å². The number of methoxy groups -OCH3 is 1. The number of likely N-dealkylation sites (tertiary alicyclic amines) is 1. The van der Waals surface area contributed by atoms with Gasteiger partial charge in [-0.25, -0.2) is 0 Å². The van der Waals surface area contributed by atoms with Gasteiger partial charge in [0.15, 0.2) is 0 Å². The van der Waals surface area contributed by atoms with Crippen LogP contribution in [-0.4, -0.2) is 80.6 Å². The summed E-state index contributed by atoms with van der Waals surface area (Å²) in [6, 6.07) is 8.25. The van der Waals surface area contributed by atoms with Gasteiger partial charge < -0.3 is 19.9 Å². The maximum Gasteiger partial charge on any atom is 0.236 e. The number of rotatable bonds is 6. The van der Waals surface area contributed by atoms with Crippen molar-refractivity contribution in [2.45, 2.75) is 32.7 Å². The molecular weight excluding hydrogens is 368 g/mol. The summed E-state index contributed by atoms with van der Waals surface area (Å²) in [6.07, 6.45) is 1.66. The molecule has 2 fully saturated rings. The monoisotopic (exact) mass is 402 g/mol.